The third-order valence-corrected chi connectivity index (χ3v) is 2.63. The monoisotopic (exact) mass is 232 g/mol. The summed E-state index contributed by atoms with van der Waals surface area (Å²) in [6.07, 6.45) is 3.75. The van der Waals surface area contributed by atoms with Crippen LogP contribution in [0.2, 0.25) is 0 Å². The minimum atomic E-state index is -1.11. The number of allylic oxidation sites excluding steroid dienone is 1. The second-order valence-corrected chi connectivity index (χ2v) is 3.73. The Balaban J connectivity index is 2.99. The molecule has 17 heavy (non-hydrogen) atoms. The first-order valence-electron chi connectivity index (χ1n) is 5.65. The van der Waals surface area contributed by atoms with Crippen LogP contribution in [-0.2, 0) is 17.6 Å². The fraction of sp³-hybridized carbons (Fsp3) is 0.286. The molecular formula is C14H16O3. The first-order chi connectivity index (χ1) is 8.08. The zero-order valence-electron chi connectivity index (χ0n) is 10.1. The van der Waals surface area contributed by atoms with E-state index in [1.54, 1.807) is 6.07 Å². The van der Waals surface area contributed by atoms with Gasteiger partial charge in [0.05, 0.1) is 0 Å². The van der Waals surface area contributed by atoms with Crippen LogP contribution in [0.5, 0.6) is 0 Å². The van der Waals surface area contributed by atoms with E-state index in [1.807, 2.05) is 19.1 Å². The predicted octanol–water partition coefficient (Wildman–Crippen LogP) is 2.63. The van der Waals surface area contributed by atoms with Crippen molar-refractivity contribution in [1.82, 2.24) is 0 Å². The van der Waals surface area contributed by atoms with E-state index >= 15 is 0 Å². The van der Waals surface area contributed by atoms with E-state index in [0.717, 1.165) is 30.6 Å². The Kier molecular flexibility index (Phi) is 4.64. The van der Waals surface area contributed by atoms with Gasteiger partial charge in [0.25, 0.3) is 0 Å². The average Bonchev–Trinajstić information content (AvgIpc) is 2.34. The molecule has 0 fully saturated rings. The molecule has 1 aromatic rings. The van der Waals surface area contributed by atoms with Crippen molar-refractivity contribution in [2.75, 3.05) is 0 Å². The first kappa shape index (κ1) is 13.2. The molecule has 0 aromatic heterocycles. The fourth-order valence-electron chi connectivity index (χ4n) is 1.70. The molecule has 3 heteroatoms. The molecule has 90 valence electrons. The van der Waals surface area contributed by atoms with E-state index in [-0.39, 0.29) is 5.78 Å². The van der Waals surface area contributed by atoms with Crippen molar-refractivity contribution in [3.8, 4) is 0 Å². The van der Waals surface area contributed by atoms with Crippen LogP contribution in [0.3, 0.4) is 0 Å². The predicted molar refractivity (Wildman–Crippen MR) is 66.3 cm³/mol. The number of carbonyl (C=O) groups excluding carboxylic acids is 1. The van der Waals surface area contributed by atoms with E-state index in [1.165, 1.54) is 5.56 Å². The molecule has 1 N–H and O–H groups in total. The van der Waals surface area contributed by atoms with Crippen LogP contribution in [0.15, 0.2) is 30.4 Å². The van der Waals surface area contributed by atoms with Crippen LogP contribution in [0.25, 0.3) is 0 Å². The van der Waals surface area contributed by atoms with Gasteiger partial charge in [-0.1, -0.05) is 26.0 Å². The molecule has 0 radical (unpaired) electrons. The van der Waals surface area contributed by atoms with Gasteiger partial charge in [0.15, 0.2) is 5.78 Å². The summed E-state index contributed by atoms with van der Waals surface area (Å²) in [5.41, 5.74) is 2.91. The van der Waals surface area contributed by atoms with Crippen molar-refractivity contribution >= 4 is 11.8 Å². The molecule has 0 bridgehead atoms. The second kappa shape index (κ2) is 5.99. The molecule has 0 aliphatic carbocycles. The van der Waals surface area contributed by atoms with Crippen molar-refractivity contribution in [3.63, 3.8) is 0 Å². The molecule has 0 aliphatic rings. The topological polar surface area (TPSA) is 54.4 Å². The number of benzene rings is 1. The Morgan fingerprint density at radius 3 is 2.29 bits per heavy atom. The van der Waals surface area contributed by atoms with Gasteiger partial charge in [0, 0.05) is 11.6 Å². The van der Waals surface area contributed by atoms with Gasteiger partial charge in [-0.2, -0.15) is 0 Å². The number of ketones is 1. The molecular weight excluding hydrogens is 216 g/mol. The number of aliphatic carboxylic acids is 1. The molecule has 1 rings (SSSR count). The lowest BCUT2D eigenvalue weighted by Crippen LogP contribution is -2.00. The maximum atomic E-state index is 11.7. The highest BCUT2D eigenvalue weighted by Crippen LogP contribution is 2.14. The summed E-state index contributed by atoms with van der Waals surface area (Å²) >= 11 is 0. The van der Waals surface area contributed by atoms with Gasteiger partial charge >= 0.3 is 5.97 Å². The molecule has 0 saturated heterocycles. The van der Waals surface area contributed by atoms with Crippen molar-refractivity contribution in [1.29, 1.82) is 0 Å². The Bertz CT molecular complexity index is 459. The summed E-state index contributed by atoms with van der Waals surface area (Å²) in [4.78, 5) is 22.0. The second-order valence-electron chi connectivity index (χ2n) is 3.73. The quantitative estimate of drug-likeness (QED) is 0.627. The highest BCUT2D eigenvalue weighted by molar-refractivity contribution is 6.06. The number of carboxylic acids is 1. The average molecular weight is 232 g/mol. The number of carboxylic acid groups (broad SMARTS) is 1. The van der Waals surface area contributed by atoms with Gasteiger partial charge in [0.1, 0.15) is 0 Å². The van der Waals surface area contributed by atoms with Crippen molar-refractivity contribution in [2.45, 2.75) is 26.7 Å². The van der Waals surface area contributed by atoms with E-state index in [4.69, 9.17) is 5.11 Å². The highest BCUT2D eigenvalue weighted by atomic mass is 16.4. The summed E-state index contributed by atoms with van der Waals surface area (Å²) < 4.78 is 0. The molecule has 0 amide bonds. The van der Waals surface area contributed by atoms with E-state index < -0.39 is 5.97 Å². The first-order valence-corrected chi connectivity index (χ1v) is 5.65. The Morgan fingerprint density at radius 1 is 1.12 bits per heavy atom. The van der Waals surface area contributed by atoms with Gasteiger partial charge in [0.2, 0.25) is 0 Å². The smallest absolute Gasteiger partial charge is 0.328 e. The SMILES string of the molecule is CCc1ccc(C(=O)/C=C/C(=O)O)cc1CC. The van der Waals surface area contributed by atoms with Gasteiger partial charge in [-0.05, 0) is 36.1 Å². The molecule has 0 spiro atoms. The Morgan fingerprint density at radius 2 is 1.76 bits per heavy atom. The summed E-state index contributed by atoms with van der Waals surface area (Å²) in [5, 5.41) is 8.45. The lowest BCUT2D eigenvalue weighted by atomic mass is 9.98. The molecule has 0 saturated carbocycles. The van der Waals surface area contributed by atoms with Crippen LogP contribution >= 0.6 is 0 Å². The van der Waals surface area contributed by atoms with Crippen molar-refractivity contribution in [2.24, 2.45) is 0 Å². The minimum absolute atomic E-state index is 0.273. The molecule has 0 heterocycles. The minimum Gasteiger partial charge on any atom is -0.478 e. The summed E-state index contributed by atoms with van der Waals surface area (Å²) in [7, 11) is 0. The highest BCUT2D eigenvalue weighted by Gasteiger charge is 2.06. The Labute approximate surface area is 101 Å². The molecule has 0 aliphatic heterocycles. The van der Waals surface area contributed by atoms with Crippen LogP contribution in [-0.4, -0.2) is 16.9 Å². The number of aryl methyl sites for hydroxylation is 2. The molecule has 0 atom stereocenters. The zero-order chi connectivity index (χ0) is 12.8. The van der Waals surface area contributed by atoms with E-state index in [0.29, 0.717) is 5.56 Å². The largest absolute Gasteiger partial charge is 0.478 e. The summed E-state index contributed by atoms with van der Waals surface area (Å²) in [6.45, 7) is 4.11. The number of hydrogen-bond acceptors (Lipinski definition) is 2. The van der Waals surface area contributed by atoms with E-state index in [2.05, 4.69) is 6.92 Å². The number of carbonyl (C=O) groups is 2. The van der Waals surface area contributed by atoms with Gasteiger partial charge in [-0.15, -0.1) is 0 Å². The Hall–Kier alpha value is -1.90. The van der Waals surface area contributed by atoms with Gasteiger partial charge in [-0.3, -0.25) is 4.79 Å². The van der Waals surface area contributed by atoms with Crippen LogP contribution in [0, 0.1) is 0 Å². The van der Waals surface area contributed by atoms with Gasteiger partial charge < -0.3 is 5.11 Å². The zero-order valence-corrected chi connectivity index (χ0v) is 10.1. The van der Waals surface area contributed by atoms with Crippen LogP contribution < -0.4 is 0 Å². The maximum absolute atomic E-state index is 11.7. The normalized spacial score (nSPS) is 10.7. The third-order valence-electron chi connectivity index (χ3n) is 2.63. The van der Waals surface area contributed by atoms with E-state index in [9.17, 15) is 9.59 Å². The summed E-state index contributed by atoms with van der Waals surface area (Å²) in [5.74, 6) is -1.39. The standard InChI is InChI=1S/C14H16O3/c1-3-10-5-6-12(9-11(10)4-2)13(15)7-8-14(16)17/h5-9H,3-4H2,1-2H3,(H,16,17)/b8-7+. The van der Waals surface area contributed by atoms with Gasteiger partial charge in [-0.25, -0.2) is 4.79 Å². The number of hydrogen-bond donors (Lipinski definition) is 1. The van der Waals surface area contributed by atoms with Crippen LogP contribution in [0.4, 0.5) is 0 Å². The van der Waals surface area contributed by atoms with Crippen molar-refractivity contribution < 1.29 is 14.7 Å². The van der Waals surface area contributed by atoms with Crippen LogP contribution in [0.1, 0.15) is 35.3 Å². The summed E-state index contributed by atoms with van der Waals surface area (Å²) in [6, 6.07) is 5.51. The lowest BCUT2D eigenvalue weighted by Gasteiger charge is -2.06. The lowest BCUT2D eigenvalue weighted by molar-refractivity contribution is -0.131. The molecule has 1 aromatic carbocycles. The van der Waals surface area contributed by atoms with Crippen molar-refractivity contribution in [3.05, 3.63) is 47.0 Å². The maximum Gasteiger partial charge on any atom is 0.328 e. The molecule has 0 unspecified atom stereocenters. The fourth-order valence-corrected chi connectivity index (χ4v) is 1.70. The molecule has 3 nitrogen and oxygen atoms in total. The third kappa shape index (κ3) is 3.55. The number of rotatable bonds is 5.